The first-order valence-electron chi connectivity index (χ1n) is 12.2. The molecule has 0 radical (unpaired) electrons. The molecule has 5 rings (SSSR count). The van der Waals surface area contributed by atoms with Crippen molar-refractivity contribution in [2.24, 2.45) is 0 Å². The molecule has 0 bridgehead atoms. The number of amides is 1. The third-order valence-electron chi connectivity index (χ3n) is 6.70. The number of hydrogen-bond acceptors (Lipinski definition) is 5. The lowest BCUT2D eigenvalue weighted by Crippen LogP contribution is -2.21. The van der Waals surface area contributed by atoms with Gasteiger partial charge in [-0.25, -0.2) is 4.39 Å². The summed E-state index contributed by atoms with van der Waals surface area (Å²) >= 11 is 0. The number of rotatable bonds is 6. The molecule has 0 fully saturated rings. The van der Waals surface area contributed by atoms with Crippen LogP contribution in [0.5, 0.6) is 5.75 Å². The minimum absolute atomic E-state index is 0.0112. The number of anilines is 3. The molecule has 0 spiro atoms. The number of nitrogens with zero attached hydrogens (tertiary/aromatic N) is 3. The van der Waals surface area contributed by atoms with Crippen LogP contribution in [0.25, 0.3) is 16.8 Å². The van der Waals surface area contributed by atoms with E-state index >= 15 is 0 Å². The summed E-state index contributed by atoms with van der Waals surface area (Å²) in [4.78, 5) is 25.7. The van der Waals surface area contributed by atoms with Crippen LogP contribution in [0.15, 0.2) is 67.0 Å². The van der Waals surface area contributed by atoms with Crippen molar-refractivity contribution in [3.8, 4) is 17.0 Å². The number of aromatic hydroxyl groups is 1. The van der Waals surface area contributed by atoms with Crippen molar-refractivity contribution in [2.75, 3.05) is 10.2 Å². The Morgan fingerprint density at radius 1 is 1.02 bits per heavy atom. The van der Waals surface area contributed by atoms with Crippen LogP contribution in [0.3, 0.4) is 0 Å². The highest BCUT2D eigenvalue weighted by Gasteiger charge is 2.38. The Hall–Kier alpha value is -5.13. The van der Waals surface area contributed by atoms with Gasteiger partial charge in [0.1, 0.15) is 18.1 Å². The van der Waals surface area contributed by atoms with Gasteiger partial charge in [-0.1, -0.05) is 12.1 Å². The second-order valence-electron chi connectivity index (χ2n) is 9.48. The van der Waals surface area contributed by atoms with E-state index in [4.69, 9.17) is 5.11 Å². The number of halogens is 4. The molecule has 12 heteroatoms. The SMILES string of the molecule is Cc1ccc(N2C(=O)/C(=C\Nc3cc(F)cc(-c4ccn(CC(=O)O)n4)c3O)c3ccc(C(F)(F)F)cc32)cc1C. The summed E-state index contributed by atoms with van der Waals surface area (Å²) in [6.45, 7) is 3.24. The molecule has 2 heterocycles. The van der Waals surface area contributed by atoms with Crippen LogP contribution in [0.2, 0.25) is 0 Å². The van der Waals surface area contributed by atoms with Gasteiger partial charge in [-0.15, -0.1) is 0 Å². The predicted molar refractivity (Wildman–Crippen MR) is 143 cm³/mol. The van der Waals surface area contributed by atoms with Crippen molar-refractivity contribution in [1.82, 2.24) is 9.78 Å². The fourth-order valence-corrected chi connectivity index (χ4v) is 4.51. The molecule has 210 valence electrons. The first-order chi connectivity index (χ1) is 19.3. The summed E-state index contributed by atoms with van der Waals surface area (Å²) in [5.74, 6) is -2.97. The zero-order valence-corrected chi connectivity index (χ0v) is 21.6. The van der Waals surface area contributed by atoms with Gasteiger partial charge < -0.3 is 15.5 Å². The number of phenols is 1. The van der Waals surface area contributed by atoms with Gasteiger partial charge in [0, 0.05) is 35.3 Å². The number of hydrogen-bond donors (Lipinski definition) is 3. The molecular weight excluding hydrogens is 544 g/mol. The monoisotopic (exact) mass is 566 g/mol. The first-order valence-corrected chi connectivity index (χ1v) is 12.2. The lowest BCUT2D eigenvalue weighted by Gasteiger charge is -2.19. The van der Waals surface area contributed by atoms with Gasteiger partial charge >= 0.3 is 12.1 Å². The Kier molecular flexibility index (Phi) is 6.77. The highest BCUT2D eigenvalue weighted by atomic mass is 19.4. The van der Waals surface area contributed by atoms with Gasteiger partial charge in [-0.05, 0) is 61.4 Å². The Balaban J connectivity index is 1.56. The molecule has 0 unspecified atom stereocenters. The number of carbonyl (C=O) groups is 2. The van der Waals surface area contributed by atoms with E-state index in [1.165, 1.54) is 29.4 Å². The Morgan fingerprint density at radius 2 is 1.78 bits per heavy atom. The highest BCUT2D eigenvalue weighted by Crippen LogP contribution is 2.45. The molecular formula is C29H22F4N4O4. The smallest absolute Gasteiger partial charge is 0.416 e. The number of fused-ring (bicyclic) bond motifs is 1. The number of carboxylic acids is 1. The van der Waals surface area contributed by atoms with Crippen LogP contribution >= 0.6 is 0 Å². The summed E-state index contributed by atoms with van der Waals surface area (Å²) in [5.41, 5.74) is 1.34. The lowest BCUT2D eigenvalue weighted by molar-refractivity contribution is -0.138. The Morgan fingerprint density at radius 3 is 2.46 bits per heavy atom. The first kappa shape index (κ1) is 27.4. The second-order valence-corrected chi connectivity index (χ2v) is 9.48. The standard InChI is InChI=1S/C29H22F4N4O4/c1-15-3-5-19(9-16(15)2)37-25-10-17(29(31,32)33)4-6-20(25)22(28(37)41)13-34-24-12-18(30)11-21(27(24)40)23-7-8-36(35-23)14-26(38)39/h3-13,34,40H,14H2,1-2H3,(H,38,39)/b22-13-. The number of alkyl halides is 3. The van der Waals surface area contributed by atoms with Gasteiger partial charge in [-0.2, -0.15) is 18.3 Å². The number of aromatic nitrogens is 2. The molecule has 1 aromatic heterocycles. The summed E-state index contributed by atoms with van der Waals surface area (Å²) in [7, 11) is 0. The molecule has 1 aliphatic rings. The van der Waals surface area contributed by atoms with E-state index < -0.39 is 41.7 Å². The molecule has 8 nitrogen and oxygen atoms in total. The molecule has 0 aliphatic carbocycles. The molecule has 1 amide bonds. The minimum atomic E-state index is -4.64. The fraction of sp³-hybridized carbons (Fsp3) is 0.138. The number of aliphatic carboxylic acids is 1. The average Bonchev–Trinajstić information content (AvgIpc) is 3.46. The van der Waals surface area contributed by atoms with Crippen molar-refractivity contribution in [1.29, 1.82) is 0 Å². The number of carboxylic acid groups (broad SMARTS) is 1. The maximum absolute atomic E-state index is 14.6. The van der Waals surface area contributed by atoms with Gasteiger partial charge in [0.25, 0.3) is 5.91 Å². The van der Waals surface area contributed by atoms with Crippen LogP contribution in [-0.4, -0.2) is 31.9 Å². The molecule has 0 saturated heterocycles. The van der Waals surface area contributed by atoms with Crippen molar-refractivity contribution in [3.63, 3.8) is 0 Å². The number of carbonyl (C=O) groups excluding carboxylic acids is 1. The van der Waals surface area contributed by atoms with E-state index in [1.807, 2.05) is 13.8 Å². The number of benzene rings is 3. The number of phenolic OH excluding ortho intramolecular Hbond substituents is 1. The fourth-order valence-electron chi connectivity index (χ4n) is 4.51. The molecule has 4 aromatic rings. The third kappa shape index (κ3) is 5.23. The second kappa shape index (κ2) is 10.1. The van der Waals surface area contributed by atoms with Crippen LogP contribution in [0.4, 0.5) is 34.6 Å². The number of aryl methyl sites for hydroxylation is 2. The Labute approximate surface area is 230 Å². The van der Waals surface area contributed by atoms with Crippen molar-refractivity contribution < 1.29 is 37.4 Å². The van der Waals surface area contributed by atoms with Crippen LogP contribution in [0, 0.1) is 19.7 Å². The highest BCUT2D eigenvalue weighted by molar-refractivity contribution is 6.35. The van der Waals surface area contributed by atoms with Gasteiger partial charge in [0.2, 0.25) is 0 Å². The molecule has 3 N–H and O–H groups in total. The summed E-state index contributed by atoms with van der Waals surface area (Å²) in [6, 6.07) is 11.4. The molecule has 3 aromatic carbocycles. The number of nitrogens with one attached hydrogen (secondary N) is 1. The Bertz CT molecular complexity index is 1740. The molecule has 0 atom stereocenters. The van der Waals surface area contributed by atoms with Gasteiger partial charge in [-0.3, -0.25) is 19.2 Å². The van der Waals surface area contributed by atoms with E-state index in [9.17, 15) is 32.3 Å². The molecule has 0 saturated carbocycles. The zero-order valence-electron chi connectivity index (χ0n) is 21.6. The van der Waals surface area contributed by atoms with Crippen LogP contribution in [-0.2, 0) is 22.3 Å². The van der Waals surface area contributed by atoms with Crippen molar-refractivity contribution in [2.45, 2.75) is 26.6 Å². The van der Waals surface area contributed by atoms with Crippen LogP contribution < -0.4 is 10.2 Å². The summed E-state index contributed by atoms with van der Waals surface area (Å²) in [5, 5.41) is 26.6. The van der Waals surface area contributed by atoms with E-state index in [2.05, 4.69) is 10.4 Å². The van der Waals surface area contributed by atoms with Gasteiger partial charge in [0.15, 0.2) is 0 Å². The minimum Gasteiger partial charge on any atom is -0.505 e. The topological polar surface area (TPSA) is 108 Å². The van der Waals surface area contributed by atoms with E-state index in [1.54, 1.807) is 18.2 Å². The third-order valence-corrected chi connectivity index (χ3v) is 6.70. The molecule has 1 aliphatic heterocycles. The predicted octanol–water partition coefficient (Wildman–Crippen LogP) is 6.25. The zero-order chi connectivity index (χ0) is 29.6. The lowest BCUT2D eigenvalue weighted by atomic mass is 10.0. The quantitative estimate of drug-likeness (QED) is 0.145. The maximum Gasteiger partial charge on any atom is 0.416 e. The largest absolute Gasteiger partial charge is 0.505 e. The van der Waals surface area contributed by atoms with Crippen LogP contribution in [0.1, 0.15) is 22.3 Å². The average molecular weight is 567 g/mol. The van der Waals surface area contributed by atoms with Crippen molar-refractivity contribution in [3.05, 3.63) is 95.1 Å². The maximum atomic E-state index is 14.6. The van der Waals surface area contributed by atoms with E-state index in [0.717, 1.165) is 40.1 Å². The normalized spacial score (nSPS) is 14.0. The summed E-state index contributed by atoms with van der Waals surface area (Å²) < 4.78 is 56.3. The van der Waals surface area contributed by atoms with Gasteiger partial charge in [0.05, 0.1) is 28.2 Å². The molecule has 41 heavy (non-hydrogen) atoms. The van der Waals surface area contributed by atoms with E-state index in [0.29, 0.717) is 5.69 Å². The van der Waals surface area contributed by atoms with Crippen molar-refractivity contribution >= 4 is 34.5 Å². The summed E-state index contributed by atoms with van der Waals surface area (Å²) in [6.07, 6.45) is -2.09. The van der Waals surface area contributed by atoms with E-state index in [-0.39, 0.29) is 33.8 Å².